The molecule has 0 aromatic carbocycles. The SMILES string of the molecule is CCn1nc(C(=O)O)c2c1CC[C@@H](NC1CCC(O)CC1)C2. The summed E-state index contributed by atoms with van der Waals surface area (Å²) in [6, 6.07) is 0.768. The van der Waals surface area contributed by atoms with Gasteiger partial charge in [0.2, 0.25) is 0 Å². The van der Waals surface area contributed by atoms with E-state index < -0.39 is 5.97 Å². The molecule has 0 spiro atoms. The Morgan fingerprint density at radius 3 is 2.64 bits per heavy atom. The van der Waals surface area contributed by atoms with Crippen LogP contribution in [-0.4, -0.2) is 44.2 Å². The van der Waals surface area contributed by atoms with Gasteiger partial charge in [-0.3, -0.25) is 4.68 Å². The van der Waals surface area contributed by atoms with Crippen LogP contribution in [-0.2, 0) is 19.4 Å². The zero-order valence-corrected chi connectivity index (χ0v) is 13.1. The summed E-state index contributed by atoms with van der Waals surface area (Å²) in [5.41, 5.74) is 2.23. The first-order valence-electron chi connectivity index (χ1n) is 8.34. The Labute approximate surface area is 130 Å². The average Bonchev–Trinajstić information content (AvgIpc) is 2.88. The monoisotopic (exact) mass is 307 g/mol. The van der Waals surface area contributed by atoms with Crippen molar-refractivity contribution in [1.82, 2.24) is 15.1 Å². The molecule has 0 unspecified atom stereocenters. The number of aromatic nitrogens is 2. The summed E-state index contributed by atoms with van der Waals surface area (Å²) >= 11 is 0. The molecule has 1 fully saturated rings. The van der Waals surface area contributed by atoms with Crippen LogP contribution in [0.2, 0.25) is 0 Å². The number of aromatic carboxylic acids is 1. The highest BCUT2D eigenvalue weighted by Crippen LogP contribution is 2.27. The van der Waals surface area contributed by atoms with Gasteiger partial charge in [0.05, 0.1) is 6.10 Å². The summed E-state index contributed by atoms with van der Waals surface area (Å²) in [5, 5.41) is 26.9. The van der Waals surface area contributed by atoms with Crippen LogP contribution in [0.15, 0.2) is 0 Å². The molecule has 1 aromatic heterocycles. The molecule has 0 saturated heterocycles. The minimum atomic E-state index is -0.926. The zero-order valence-electron chi connectivity index (χ0n) is 13.1. The fourth-order valence-corrected chi connectivity index (χ4v) is 3.84. The van der Waals surface area contributed by atoms with Crippen molar-refractivity contribution >= 4 is 5.97 Å². The lowest BCUT2D eigenvalue weighted by molar-refractivity contribution is 0.0688. The van der Waals surface area contributed by atoms with E-state index in [1.54, 1.807) is 0 Å². The summed E-state index contributed by atoms with van der Waals surface area (Å²) < 4.78 is 1.84. The van der Waals surface area contributed by atoms with Crippen LogP contribution in [0.1, 0.15) is 60.8 Å². The molecule has 6 heteroatoms. The number of carbonyl (C=O) groups is 1. The molecule has 3 N–H and O–H groups in total. The normalized spacial score (nSPS) is 28.4. The summed E-state index contributed by atoms with van der Waals surface area (Å²) in [6.07, 6.45) is 6.25. The lowest BCUT2D eigenvalue weighted by Crippen LogP contribution is -2.44. The van der Waals surface area contributed by atoms with E-state index in [0.29, 0.717) is 18.6 Å². The van der Waals surface area contributed by atoms with E-state index >= 15 is 0 Å². The first kappa shape index (κ1) is 15.5. The molecular weight excluding hydrogens is 282 g/mol. The topological polar surface area (TPSA) is 87.4 Å². The van der Waals surface area contributed by atoms with Crippen molar-refractivity contribution in [3.8, 4) is 0 Å². The lowest BCUT2D eigenvalue weighted by Gasteiger charge is -2.32. The molecule has 3 rings (SSSR count). The molecule has 1 atom stereocenters. The van der Waals surface area contributed by atoms with Gasteiger partial charge in [0, 0.05) is 29.9 Å². The third kappa shape index (κ3) is 3.03. The highest BCUT2D eigenvalue weighted by Gasteiger charge is 2.30. The van der Waals surface area contributed by atoms with Crippen molar-refractivity contribution in [3.63, 3.8) is 0 Å². The fourth-order valence-electron chi connectivity index (χ4n) is 3.84. The van der Waals surface area contributed by atoms with Crippen molar-refractivity contribution < 1.29 is 15.0 Å². The molecule has 0 bridgehead atoms. The van der Waals surface area contributed by atoms with E-state index in [0.717, 1.165) is 56.2 Å². The van der Waals surface area contributed by atoms with E-state index in [1.165, 1.54) is 0 Å². The smallest absolute Gasteiger partial charge is 0.356 e. The van der Waals surface area contributed by atoms with Crippen LogP contribution in [0, 0.1) is 0 Å². The summed E-state index contributed by atoms with van der Waals surface area (Å²) in [4.78, 5) is 11.4. The van der Waals surface area contributed by atoms with E-state index in [2.05, 4.69) is 10.4 Å². The van der Waals surface area contributed by atoms with Gasteiger partial charge in [0.25, 0.3) is 0 Å². The third-order valence-electron chi connectivity index (χ3n) is 5.02. The Balaban J connectivity index is 1.70. The van der Waals surface area contributed by atoms with E-state index in [9.17, 15) is 15.0 Å². The summed E-state index contributed by atoms with van der Waals surface area (Å²) in [6.45, 7) is 2.71. The van der Waals surface area contributed by atoms with Crippen molar-refractivity contribution in [2.24, 2.45) is 0 Å². The molecule has 2 aliphatic carbocycles. The van der Waals surface area contributed by atoms with Gasteiger partial charge in [-0.05, 0) is 51.9 Å². The minimum Gasteiger partial charge on any atom is -0.476 e. The number of carboxylic acids is 1. The molecule has 0 aliphatic heterocycles. The highest BCUT2D eigenvalue weighted by molar-refractivity contribution is 5.87. The number of aliphatic hydroxyl groups is 1. The summed E-state index contributed by atoms with van der Waals surface area (Å²) in [5.74, 6) is -0.926. The van der Waals surface area contributed by atoms with Gasteiger partial charge < -0.3 is 15.5 Å². The van der Waals surface area contributed by atoms with Gasteiger partial charge >= 0.3 is 5.97 Å². The molecule has 122 valence electrons. The van der Waals surface area contributed by atoms with Crippen LogP contribution >= 0.6 is 0 Å². The number of nitrogens with zero attached hydrogens (tertiary/aromatic N) is 2. The molecule has 2 aliphatic rings. The number of aliphatic hydroxyl groups excluding tert-OH is 1. The van der Waals surface area contributed by atoms with Crippen molar-refractivity contribution in [2.45, 2.75) is 76.6 Å². The Hall–Kier alpha value is -1.40. The second-order valence-electron chi connectivity index (χ2n) is 6.51. The Bertz CT molecular complexity index is 547. The number of fused-ring (bicyclic) bond motifs is 1. The second-order valence-corrected chi connectivity index (χ2v) is 6.51. The summed E-state index contributed by atoms with van der Waals surface area (Å²) in [7, 11) is 0. The molecule has 0 amide bonds. The van der Waals surface area contributed by atoms with Crippen LogP contribution in [0.3, 0.4) is 0 Å². The predicted octanol–water partition coefficient (Wildman–Crippen LogP) is 1.35. The maximum absolute atomic E-state index is 11.4. The number of nitrogens with one attached hydrogen (secondary N) is 1. The average molecular weight is 307 g/mol. The Kier molecular flexibility index (Phi) is 4.49. The van der Waals surface area contributed by atoms with Crippen molar-refractivity contribution in [1.29, 1.82) is 0 Å². The predicted molar refractivity (Wildman–Crippen MR) is 82.1 cm³/mol. The maximum Gasteiger partial charge on any atom is 0.356 e. The van der Waals surface area contributed by atoms with Gasteiger partial charge in [-0.15, -0.1) is 0 Å². The molecular formula is C16H25N3O3. The number of hydrogen-bond donors (Lipinski definition) is 3. The van der Waals surface area contributed by atoms with E-state index in [1.807, 2.05) is 11.6 Å². The molecule has 0 radical (unpaired) electrons. The first-order chi connectivity index (χ1) is 10.6. The standard InChI is InChI=1S/C16H25N3O3/c1-2-19-14-8-5-11(9-13(14)15(18-19)16(21)22)17-10-3-6-12(20)7-4-10/h10-12,17,20H,2-9H2,1H3,(H,21,22)/t10?,11-,12?/m1/s1. The number of hydrogen-bond acceptors (Lipinski definition) is 4. The van der Waals surface area contributed by atoms with Gasteiger partial charge in [0.1, 0.15) is 0 Å². The van der Waals surface area contributed by atoms with Gasteiger partial charge in [0.15, 0.2) is 5.69 Å². The molecule has 1 heterocycles. The zero-order chi connectivity index (χ0) is 15.7. The number of rotatable bonds is 4. The molecule has 22 heavy (non-hydrogen) atoms. The van der Waals surface area contributed by atoms with Gasteiger partial charge in [-0.2, -0.15) is 5.10 Å². The fraction of sp³-hybridized carbons (Fsp3) is 0.750. The Morgan fingerprint density at radius 2 is 2.00 bits per heavy atom. The molecule has 6 nitrogen and oxygen atoms in total. The van der Waals surface area contributed by atoms with Crippen molar-refractivity contribution in [2.75, 3.05) is 0 Å². The molecule has 1 aromatic rings. The second kappa shape index (κ2) is 6.38. The van der Waals surface area contributed by atoms with Crippen LogP contribution in [0.4, 0.5) is 0 Å². The van der Waals surface area contributed by atoms with Crippen LogP contribution in [0.25, 0.3) is 0 Å². The van der Waals surface area contributed by atoms with Gasteiger partial charge in [-0.25, -0.2) is 4.79 Å². The maximum atomic E-state index is 11.4. The number of carboxylic acid groups (broad SMARTS) is 1. The highest BCUT2D eigenvalue weighted by atomic mass is 16.4. The van der Waals surface area contributed by atoms with Crippen LogP contribution < -0.4 is 5.32 Å². The minimum absolute atomic E-state index is 0.141. The third-order valence-corrected chi connectivity index (χ3v) is 5.02. The van der Waals surface area contributed by atoms with E-state index in [4.69, 9.17) is 0 Å². The lowest BCUT2D eigenvalue weighted by atomic mass is 9.88. The quantitative estimate of drug-likeness (QED) is 0.781. The van der Waals surface area contributed by atoms with Crippen LogP contribution in [0.5, 0.6) is 0 Å². The van der Waals surface area contributed by atoms with E-state index in [-0.39, 0.29) is 11.8 Å². The molecule has 1 saturated carbocycles. The van der Waals surface area contributed by atoms with Gasteiger partial charge in [-0.1, -0.05) is 0 Å². The van der Waals surface area contributed by atoms with Crippen molar-refractivity contribution in [3.05, 3.63) is 17.0 Å². The Morgan fingerprint density at radius 1 is 1.27 bits per heavy atom. The largest absolute Gasteiger partial charge is 0.476 e. The number of aryl methyl sites for hydroxylation is 1. The first-order valence-corrected chi connectivity index (χ1v) is 8.34.